The first-order valence-electron chi connectivity index (χ1n) is 7.37. The fourth-order valence-electron chi connectivity index (χ4n) is 1.54. The van der Waals surface area contributed by atoms with Gasteiger partial charge in [0.2, 0.25) is 0 Å². The maximum atomic E-state index is 12.1. The minimum atomic E-state index is -1.22. The third kappa shape index (κ3) is 7.61. The number of carbonyl (C=O) groups excluding carboxylic acids is 3. The molecule has 1 rings (SSSR count). The van der Waals surface area contributed by atoms with Crippen LogP contribution in [0.15, 0.2) is 16.9 Å². The Labute approximate surface area is 139 Å². The topological polar surface area (TPSA) is 117 Å². The van der Waals surface area contributed by atoms with Crippen LogP contribution in [0, 0.1) is 0 Å². The number of rotatable bonds is 5. The number of amides is 1. The van der Waals surface area contributed by atoms with E-state index in [2.05, 4.69) is 15.0 Å². The lowest BCUT2D eigenvalue weighted by Crippen LogP contribution is -2.46. The summed E-state index contributed by atoms with van der Waals surface area (Å²) >= 11 is 0. The van der Waals surface area contributed by atoms with E-state index < -0.39 is 36.0 Å². The molecule has 9 nitrogen and oxygen atoms in total. The number of hydrogen-bond donors (Lipinski definition) is 1. The standard InChI is InChI=1S/C15H22N2O7/c1-9(2)22-14(20)23-12(18)10(8-11-16-6-7-21-11)17-13(19)24-15(3,4)5/h6-7,9-10H,8H2,1-5H3,(H,17,19)/t10-/m0/s1. The number of carbonyl (C=O) groups is 3. The number of alkyl carbamates (subject to hydrolysis) is 1. The molecule has 1 atom stereocenters. The molecule has 0 aliphatic heterocycles. The predicted molar refractivity (Wildman–Crippen MR) is 81.1 cm³/mol. The van der Waals surface area contributed by atoms with E-state index >= 15 is 0 Å². The van der Waals surface area contributed by atoms with Crippen LogP contribution in [-0.2, 0) is 25.4 Å². The van der Waals surface area contributed by atoms with Gasteiger partial charge in [0.15, 0.2) is 5.89 Å². The van der Waals surface area contributed by atoms with E-state index in [9.17, 15) is 14.4 Å². The van der Waals surface area contributed by atoms with Gasteiger partial charge in [0.05, 0.1) is 18.7 Å². The van der Waals surface area contributed by atoms with Crippen LogP contribution in [0.3, 0.4) is 0 Å². The van der Waals surface area contributed by atoms with Gasteiger partial charge in [-0.05, 0) is 34.6 Å². The Bertz CT molecular complexity index is 561. The van der Waals surface area contributed by atoms with Crippen molar-refractivity contribution in [3.63, 3.8) is 0 Å². The van der Waals surface area contributed by atoms with Gasteiger partial charge >= 0.3 is 18.2 Å². The normalized spacial score (nSPS) is 12.4. The molecule has 1 amide bonds. The van der Waals surface area contributed by atoms with Crippen LogP contribution in [0.4, 0.5) is 9.59 Å². The highest BCUT2D eigenvalue weighted by Gasteiger charge is 2.29. The number of aromatic nitrogens is 1. The summed E-state index contributed by atoms with van der Waals surface area (Å²) in [5, 5.41) is 2.33. The molecule has 24 heavy (non-hydrogen) atoms. The molecule has 0 aliphatic carbocycles. The average molecular weight is 342 g/mol. The van der Waals surface area contributed by atoms with Gasteiger partial charge in [-0.1, -0.05) is 0 Å². The van der Waals surface area contributed by atoms with E-state index in [0.717, 1.165) is 0 Å². The third-order valence-corrected chi connectivity index (χ3v) is 2.35. The molecule has 0 radical (unpaired) electrons. The van der Waals surface area contributed by atoms with Gasteiger partial charge in [0, 0.05) is 0 Å². The van der Waals surface area contributed by atoms with Gasteiger partial charge in [-0.25, -0.2) is 19.4 Å². The minimum Gasteiger partial charge on any atom is -0.449 e. The summed E-state index contributed by atoms with van der Waals surface area (Å²) in [6, 6.07) is -1.22. The summed E-state index contributed by atoms with van der Waals surface area (Å²) in [6.45, 7) is 8.24. The van der Waals surface area contributed by atoms with Crippen LogP contribution >= 0.6 is 0 Å². The van der Waals surface area contributed by atoms with E-state index in [-0.39, 0.29) is 12.3 Å². The molecule has 1 aromatic heterocycles. The lowest BCUT2D eigenvalue weighted by molar-refractivity contribution is -0.142. The van der Waals surface area contributed by atoms with Gasteiger partial charge in [-0.3, -0.25) is 0 Å². The van der Waals surface area contributed by atoms with Crippen LogP contribution < -0.4 is 5.32 Å². The molecule has 0 aliphatic rings. The molecule has 0 saturated carbocycles. The van der Waals surface area contributed by atoms with E-state index in [1.165, 1.54) is 12.5 Å². The Balaban J connectivity index is 2.75. The zero-order valence-electron chi connectivity index (χ0n) is 14.3. The minimum absolute atomic E-state index is 0.111. The lowest BCUT2D eigenvalue weighted by Gasteiger charge is -2.22. The van der Waals surface area contributed by atoms with Gasteiger partial charge in [-0.2, -0.15) is 0 Å². The van der Waals surface area contributed by atoms with Crippen LogP contribution in [0.25, 0.3) is 0 Å². The smallest absolute Gasteiger partial charge is 0.449 e. The van der Waals surface area contributed by atoms with E-state index in [4.69, 9.17) is 13.9 Å². The van der Waals surface area contributed by atoms with Gasteiger partial charge in [0.1, 0.15) is 17.9 Å². The quantitative estimate of drug-likeness (QED) is 0.639. The second-order valence-electron chi connectivity index (χ2n) is 6.17. The summed E-state index contributed by atoms with van der Waals surface area (Å²) in [4.78, 5) is 39.3. The number of ether oxygens (including phenoxy) is 3. The molecule has 0 saturated heterocycles. The van der Waals surface area contributed by atoms with Crippen LogP contribution in [0.2, 0.25) is 0 Å². The van der Waals surface area contributed by atoms with Crippen molar-refractivity contribution in [2.45, 2.75) is 58.8 Å². The summed E-state index contributed by atoms with van der Waals surface area (Å²) in [6.07, 6.45) is 0.150. The third-order valence-electron chi connectivity index (χ3n) is 2.35. The van der Waals surface area contributed by atoms with E-state index in [0.29, 0.717) is 0 Å². The van der Waals surface area contributed by atoms with Crippen molar-refractivity contribution in [3.8, 4) is 0 Å². The summed E-state index contributed by atoms with van der Waals surface area (Å²) in [5.41, 5.74) is -0.752. The Hall–Kier alpha value is -2.58. The fourth-order valence-corrected chi connectivity index (χ4v) is 1.54. The SMILES string of the molecule is CC(C)OC(=O)OC(=O)[C@H](Cc1ncco1)NC(=O)OC(C)(C)C. The van der Waals surface area contributed by atoms with Crippen molar-refractivity contribution in [3.05, 3.63) is 18.4 Å². The number of hydrogen-bond acceptors (Lipinski definition) is 8. The molecule has 0 unspecified atom stereocenters. The summed E-state index contributed by atoms with van der Waals surface area (Å²) in [7, 11) is 0. The van der Waals surface area contributed by atoms with Crippen LogP contribution in [0.1, 0.15) is 40.5 Å². The Morgan fingerprint density at radius 3 is 2.46 bits per heavy atom. The largest absolute Gasteiger partial charge is 0.516 e. The highest BCUT2D eigenvalue weighted by atomic mass is 16.7. The monoisotopic (exact) mass is 342 g/mol. The van der Waals surface area contributed by atoms with Crippen LogP contribution in [0.5, 0.6) is 0 Å². The Morgan fingerprint density at radius 1 is 1.29 bits per heavy atom. The van der Waals surface area contributed by atoms with Crippen molar-refractivity contribution in [1.82, 2.24) is 10.3 Å². The van der Waals surface area contributed by atoms with Crippen molar-refractivity contribution in [2.75, 3.05) is 0 Å². The molecular formula is C15H22N2O7. The van der Waals surface area contributed by atoms with Crippen molar-refractivity contribution in [2.24, 2.45) is 0 Å². The zero-order valence-corrected chi connectivity index (χ0v) is 14.3. The van der Waals surface area contributed by atoms with Crippen molar-refractivity contribution >= 4 is 18.2 Å². The number of nitrogens with one attached hydrogen (secondary N) is 1. The highest BCUT2D eigenvalue weighted by molar-refractivity contribution is 5.88. The first kappa shape index (κ1) is 19.5. The predicted octanol–water partition coefficient (Wildman–Crippen LogP) is 2.20. The van der Waals surface area contributed by atoms with Crippen molar-refractivity contribution < 1.29 is 33.0 Å². The molecular weight excluding hydrogens is 320 g/mol. The van der Waals surface area contributed by atoms with Gasteiger partial charge in [0.25, 0.3) is 0 Å². The number of oxazole rings is 1. The molecule has 0 fully saturated rings. The summed E-state index contributed by atoms with van der Waals surface area (Å²) in [5.74, 6) is -0.824. The molecule has 0 spiro atoms. The average Bonchev–Trinajstić information content (AvgIpc) is 2.87. The Kier molecular flexibility index (Phi) is 6.75. The maximum Gasteiger partial charge on any atom is 0.516 e. The fraction of sp³-hybridized carbons (Fsp3) is 0.600. The molecule has 1 heterocycles. The second kappa shape index (κ2) is 8.32. The molecule has 0 bridgehead atoms. The second-order valence-corrected chi connectivity index (χ2v) is 6.17. The highest BCUT2D eigenvalue weighted by Crippen LogP contribution is 2.09. The molecule has 1 N–H and O–H groups in total. The molecule has 0 aromatic carbocycles. The molecule has 9 heteroatoms. The van der Waals surface area contributed by atoms with Gasteiger partial charge in [-0.15, -0.1) is 0 Å². The zero-order chi connectivity index (χ0) is 18.3. The lowest BCUT2D eigenvalue weighted by atomic mass is 10.2. The number of nitrogens with zero attached hydrogens (tertiary/aromatic N) is 1. The first-order chi connectivity index (χ1) is 11.1. The maximum absolute atomic E-state index is 12.1. The first-order valence-corrected chi connectivity index (χ1v) is 7.37. The number of esters is 1. The van der Waals surface area contributed by atoms with E-state index in [1.54, 1.807) is 34.6 Å². The van der Waals surface area contributed by atoms with Crippen LogP contribution in [-0.4, -0.2) is 40.9 Å². The summed E-state index contributed by atoms with van der Waals surface area (Å²) < 4.78 is 19.4. The molecule has 1 aromatic rings. The molecule has 134 valence electrons. The van der Waals surface area contributed by atoms with E-state index in [1.807, 2.05) is 0 Å². The van der Waals surface area contributed by atoms with Gasteiger partial charge < -0.3 is 23.9 Å². The van der Waals surface area contributed by atoms with Crippen molar-refractivity contribution in [1.29, 1.82) is 0 Å². The Morgan fingerprint density at radius 2 is 1.96 bits per heavy atom.